The molecule has 0 radical (unpaired) electrons. The normalized spacial score (nSPS) is 11.3. The fourth-order valence-corrected chi connectivity index (χ4v) is 6.03. The molecule has 1 amide bonds. The summed E-state index contributed by atoms with van der Waals surface area (Å²) in [5.74, 6) is -0.804. The van der Waals surface area contributed by atoms with Crippen LogP contribution in [0.3, 0.4) is 0 Å². The van der Waals surface area contributed by atoms with Gasteiger partial charge in [-0.25, -0.2) is 0 Å². The highest BCUT2D eigenvalue weighted by Crippen LogP contribution is 2.42. The minimum absolute atomic E-state index is 0.0326. The molecule has 0 bridgehead atoms. The Labute approximate surface area is 215 Å². The van der Waals surface area contributed by atoms with Crippen LogP contribution in [0, 0.1) is 0 Å². The summed E-state index contributed by atoms with van der Waals surface area (Å²) in [5.41, 5.74) is 1.18. The zero-order valence-corrected chi connectivity index (χ0v) is 21.1. The van der Waals surface area contributed by atoms with Gasteiger partial charge in [-0.05, 0) is 48.5 Å². The summed E-state index contributed by atoms with van der Waals surface area (Å²) in [4.78, 5) is 26.8. The van der Waals surface area contributed by atoms with Gasteiger partial charge in [-0.2, -0.15) is 0 Å². The molecule has 0 atom stereocenters. The van der Waals surface area contributed by atoms with E-state index in [0.29, 0.717) is 36.7 Å². The largest absolute Gasteiger partial charge is 0.450 e. The molecule has 4 nitrogen and oxygen atoms in total. The topological polar surface area (TPSA) is 59.3 Å². The van der Waals surface area contributed by atoms with Crippen molar-refractivity contribution in [3.8, 4) is 0 Å². The van der Waals surface area contributed by atoms with Crippen molar-refractivity contribution in [2.45, 2.75) is 0 Å². The SMILES string of the molecule is O=C(c1ccc(Br)cc1)c1oc2ccccc2c1NC(=O)c1sc2cc(Cl)cc(Cl)c2c1Cl. The lowest BCUT2D eigenvalue weighted by atomic mass is 10.1. The summed E-state index contributed by atoms with van der Waals surface area (Å²) in [5, 5.41) is 5.02. The van der Waals surface area contributed by atoms with Gasteiger partial charge in [0.05, 0.1) is 15.7 Å². The first-order chi connectivity index (χ1) is 15.8. The molecule has 2 heterocycles. The first kappa shape index (κ1) is 22.4. The van der Waals surface area contributed by atoms with Crippen LogP contribution in [0.1, 0.15) is 25.8 Å². The van der Waals surface area contributed by atoms with E-state index < -0.39 is 5.91 Å². The monoisotopic (exact) mass is 577 g/mol. The molecular weight excluding hydrogens is 569 g/mol. The van der Waals surface area contributed by atoms with Gasteiger partial charge in [-0.1, -0.05) is 62.9 Å². The highest BCUT2D eigenvalue weighted by molar-refractivity contribution is 9.10. The second-order valence-corrected chi connectivity index (χ2v) is 10.3. The first-order valence-electron chi connectivity index (χ1n) is 9.53. The van der Waals surface area contributed by atoms with Crippen LogP contribution in [0.4, 0.5) is 5.69 Å². The van der Waals surface area contributed by atoms with Crippen LogP contribution in [0.25, 0.3) is 21.1 Å². The van der Waals surface area contributed by atoms with Crippen LogP contribution in [0.15, 0.2) is 69.6 Å². The van der Waals surface area contributed by atoms with Crippen LogP contribution in [0.2, 0.25) is 15.1 Å². The van der Waals surface area contributed by atoms with Gasteiger partial charge in [0, 0.05) is 30.5 Å². The average molecular weight is 580 g/mol. The van der Waals surface area contributed by atoms with E-state index in [1.54, 1.807) is 60.7 Å². The second-order valence-electron chi connectivity index (χ2n) is 7.10. The Morgan fingerprint density at radius 1 is 0.970 bits per heavy atom. The van der Waals surface area contributed by atoms with Crippen molar-refractivity contribution in [1.29, 1.82) is 0 Å². The van der Waals surface area contributed by atoms with Crippen molar-refractivity contribution in [2.24, 2.45) is 0 Å². The molecule has 3 aromatic carbocycles. The van der Waals surface area contributed by atoms with Crippen molar-refractivity contribution in [1.82, 2.24) is 0 Å². The van der Waals surface area contributed by atoms with Gasteiger partial charge in [0.25, 0.3) is 5.91 Å². The van der Waals surface area contributed by atoms with E-state index in [1.807, 2.05) is 0 Å². The van der Waals surface area contributed by atoms with Crippen LogP contribution < -0.4 is 5.32 Å². The highest BCUT2D eigenvalue weighted by Gasteiger charge is 2.26. The van der Waals surface area contributed by atoms with Gasteiger partial charge in [0.2, 0.25) is 5.78 Å². The van der Waals surface area contributed by atoms with E-state index in [4.69, 9.17) is 39.2 Å². The van der Waals surface area contributed by atoms with Gasteiger partial charge in [0.15, 0.2) is 5.76 Å². The molecule has 2 aromatic heterocycles. The van der Waals surface area contributed by atoms with Crippen molar-refractivity contribution in [3.05, 3.63) is 96.4 Å². The number of nitrogens with one attached hydrogen (secondary N) is 1. The number of furan rings is 1. The predicted octanol–water partition coefficient (Wildman–Crippen LogP) is 8.85. The summed E-state index contributed by atoms with van der Waals surface area (Å²) in [6.07, 6.45) is 0. The molecule has 0 unspecified atom stereocenters. The summed E-state index contributed by atoms with van der Waals surface area (Å²) in [7, 11) is 0. The van der Waals surface area contributed by atoms with E-state index >= 15 is 0 Å². The van der Waals surface area contributed by atoms with Gasteiger partial charge < -0.3 is 9.73 Å². The average Bonchev–Trinajstić information content (AvgIpc) is 3.31. The van der Waals surface area contributed by atoms with Crippen LogP contribution in [-0.4, -0.2) is 11.7 Å². The van der Waals surface area contributed by atoms with Crippen LogP contribution >= 0.6 is 62.1 Å². The number of thiophene rings is 1. The maximum absolute atomic E-state index is 13.3. The lowest BCUT2D eigenvalue weighted by molar-refractivity contribution is 0.101. The standard InChI is InChI=1S/C24H11BrCl3NO3S/c25-12-7-5-11(6-8-12)21(30)22-20(14-3-1-2-4-16(14)32-22)29-24(31)23-19(28)18-15(27)9-13(26)10-17(18)33-23/h1-10H,(H,29,31). The number of hydrogen-bond acceptors (Lipinski definition) is 4. The van der Waals surface area contributed by atoms with Crippen LogP contribution in [0.5, 0.6) is 0 Å². The molecule has 9 heteroatoms. The van der Waals surface area contributed by atoms with Crippen molar-refractivity contribution < 1.29 is 14.0 Å². The van der Waals surface area contributed by atoms with Crippen LogP contribution in [-0.2, 0) is 0 Å². The zero-order valence-electron chi connectivity index (χ0n) is 16.4. The fraction of sp³-hybridized carbons (Fsp3) is 0. The third-order valence-electron chi connectivity index (χ3n) is 5.00. The summed E-state index contributed by atoms with van der Waals surface area (Å²) >= 11 is 23.4. The number of amides is 1. The number of halogens is 4. The predicted molar refractivity (Wildman–Crippen MR) is 139 cm³/mol. The first-order valence-corrected chi connectivity index (χ1v) is 12.3. The third-order valence-corrected chi connectivity index (χ3v) is 7.67. The number of ketones is 1. The highest BCUT2D eigenvalue weighted by atomic mass is 79.9. The molecule has 1 N–H and O–H groups in total. The van der Waals surface area contributed by atoms with E-state index in [1.165, 1.54) is 11.3 Å². The molecule has 0 aliphatic rings. The van der Waals surface area contributed by atoms with Gasteiger partial charge >= 0.3 is 0 Å². The van der Waals surface area contributed by atoms with Crippen molar-refractivity contribution in [3.63, 3.8) is 0 Å². The molecule has 0 saturated carbocycles. The number of benzene rings is 3. The molecule has 0 fully saturated rings. The minimum atomic E-state index is -0.482. The molecular formula is C24H11BrCl3NO3S. The Bertz CT molecular complexity index is 1570. The maximum atomic E-state index is 13.3. The Hall–Kier alpha value is -2.35. The molecule has 0 aliphatic heterocycles. The minimum Gasteiger partial charge on any atom is -0.450 e. The lowest BCUT2D eigenvalue weighted by Gasteiger charge is -2.06. The molecule has 33 heavy (non-hydrogen) atoms. The van der Waals surface area contributed by atoms with E-state index in [0.717, 1.165) is 4.47 Å². The van der Waals surface area contributed by atoms with E-state index in [2.05, 4.69) is 21.2 Å². The number of carbonyl (C=O) groups is 2. The Morgan fingerprint density at radius 3 is 2.45 bits per heavy atom. The number of fused-ring (bicyclic) bond motifs is 2. The van der Waals surface area contributed by atoms with Crippen molar-refractivity contribution in [2.75, 3.05) is 5.32 Å². The molecule has 5 rings (SSSR count). The fourth-order valence-electron chi connectivity index (χ4n) is 3.49. The summed E-state index contributed by atoms with van der Waals surface area (Å²) in [6.45, 7) is 0. The molecule has 164 valence electrons. The number of anilines is 1. The summed E-state index contributed by atoms with van der Waals surface area (Å²) < 4.78 is 7.39. The molecule has 0 saturated heterocycles. The zero-order chi connectivity index (χ0) is 23.3. The van der Waals surface area contributed by atoms with Crippen molar-refractivity contribution >= 4 is 101 Å². The van der Waals surface area contributed by atoms with Gasteiger partial charge in [-0.3, -0.25) is 9.59 Å². The summed E-state index contributed by atoms with van der Waals surface area (Å²) in [6, 6.07) is 17.3. The lowest BCUT2D eigenvalue weighted by Crippen LogP contribution is -2.13. The Kier molecular flexibility index (Phi) is 5.97. The number of rotatable bonds is 4. The third kappa shape index (κ3) is 4.07. The molecule has 0 spiro atoms. The van der Waals surface area contributed by atoms with Gasteiger partial charge in [0.1, 0.15) is 10.5 Å². The van der Waals surface area contributed by atoms with E-state index in [-0.39, 0.29) is 27.1 Å². The number of para-hydroxylation sites is 1. The Balaban J connectivity index is 1.60. The number of carbonyl (C=O) groups excluding carboxylic acids is 2. The smallest absolute Gasteiger partial charge is 0.267 e. The molecule has 5 aromatic rings. The second kappa shape index (κ2) is 8.78. The van der Waals surface area contributed by atoms with Gasteiger partial charge in [-0.15, -0.1) is 11.3 Å². The molecule has 0 aliphatic carbocycles. The van der Waals surface area contributed by atoms with E-state index in [9.17, 15) is 9.59 Å². The quantitative estimate of drug-likeness (QED) is 0.216. The number of hydrogen-bond donors (Lipinski definition) is 1. The Morgan fingerprint density at radius 2 is 1.70 bits per heavy atom. The maximum Gasteiger partial charge on any atom is 0.267 e.